The molecule has 9 nitrogen and oxygen atoms in total. The fourth-order valence-corrected chi connectivity index (χ4v) is 4.40. The number of hydrogen-bond donors (Lipinski definition) is 1. The summed E-state index contributed by atoms with van der Waals surface area (Å²) in [5.41, 5.74) is 2.57. The van der Waals surface area contributed by atoms with E-state index in [1.807, 2.05) is 43.3 Å². The van der Waals surface area contributed by atoms with Gasteiger partial charge in [-0.1, -0.05) is 18.2 Å². The van der Waals surface area contributed by atoms with Gasteiger partial charge in [0.05, 0.1) is 20.3 Å². The van der Waals surface area contributed by atoms with Crippen molar-refractivity contribution in [3.05, 3.63) is 59.2 Å². The maximum Gasteiger partial charge on any atom is 0.317 e. The molecule has 0 aliphatic carbocycles. The Kier molecular flexibility index (Phi) is 9.02. The Labute approximate surface area is 212 Å². The first kappa shape index (κ1) is 25.8. The minimum atomic E-state index is -0.127. The summed E-state index contributed by atoms with van der Waals surface area (Å²) >= 11 is 0. The van der Waals surface area contributed by atoms with Crippen molar-refractivity contribution in [2.75, 3.05) is 72.7 Å². The largest absolute Gasteiger partial charge is 0.496 e. The summed E-state index contributed by atoms with van der Waals surface area (Å²) in [6.45, 7) is 9.27. The summed E-state index contributed by atoms with van der Waals surface area (Å²) < 4.78 is 16.6. The first-order chi connectivity index (χ1) is 17.5. The summed E-state index contributed by atoms with van der Waals surface area (Å²) in [5.74, 6) is 1.46. The van der Waals surface area contributed by atoms with Crippen LogP contribution in [0.4, 0.5) is 4.79 Å². The van der Waals surface area contributed by atoms with Crippen molar-refractivity contribution < 1.29 is 23.8 Å². The van der Waals surface area contributed by atoms with Crippen LogP contribution >= 0.6 is 0 Å². The van der Waals surface area contributed by atoms with E-state index in [1.165, 1.54) is 0 Å². The summed E-state index contributed by atoms with van der Waals surface area (Å²) in [6.07, 6.45) is 0. The smallest absolute Gasteiger partial charge is 0.317 e. The molecule has 0 unspecified atom stereocenters. The summed E-state index contributed by atoms with van der Waals surface area (Å²) in [4.78, 5) is 31.5. The molecular formula is C27H36N4O5. The molecule has 2 aromatic rings. The van der Waals surface area contributed by atoms with Crippen LogP contribution in [0.5, 0.6) is 11.5 Å². The van der Waals surface area contributed by atoms with Crippen LogP contribution in [0.25, 0.3) is 0 Å². The Morgan fingerprint density at radius 2 is 1.72 bits per heavy atom. The molecule has 3 amide bonds. The molecule has 0 spiro atoms. The number of ether oxygens (including phenoxy) is 3. The number of carbonyl (C=O) groups is 2. The van der Waals surface area contributed by atoms with Gasteiger partial charge in [0.15, 0.2) is 0 Å². The molecule has 0 bridgehead atoms. The fourth-order valence-electron chi connectivity index (χ4n) is 4.40. The third-order valence-electron chi connectivity index (χ3n) is 6.63. The van der Waals surface area contributed by atoms with Crippen molar-refractivity contribution in [3.63, 3.8) is 0 Å². The zero-order valence-electron chi connectivity index (χ0n) is 21.2. The van der Waals surface area contributed by atoms with Gasteiger partial charge in [0, 0.05) is 57.9 Å². The van der Waals surface area contributed by atoms with Crippen LogP contribution in [-0.4, -0.2) is 99.4 Å². The van der Waals surface area contributed by atoms with E-state index in [-0.39, 0.29) is 11.9 Å². The highest BCUT2D eigenvalue weighted by atomic mass is 16.5. The van der Waals surface area contributed by atoms with E-state index in [0.717, 1.165) is 49.7 Å². The molecule has 0 saturated carbocycles. The fraction of sp³-hybridized carbons (Fsp3) is 0.481. The normalized spacial score (nSPS) is 16.5. The van der Waals surface area contributed by atoms with Gasteiger partial charge in [-0.15, -0.1) is 0 Å². The number of hydrogen-bond acceptors (Lipinski definition) is 6. The molecule has 0 radical (unpaired) electrons. The molecule has 36 heavy (non-hydrogen) atoms. The number of carbonyl (C=O) groups excluding carboxylic acids is 2. The molecule has 2 fully saturated rings. The van der Waals surface area contributed by atoms with Crippen molar-refractivity contribution in [1.29, 1.82) is 0 Å². The number of benzene rings is 2. The van der Waals surface area contributed by atoms with Gasteiger partial charge in [-0.2, -0.15) is 0 Å². The van der Waals surface area contributed by atoms with Gasteiger partial charge in [0.2, 0.25) is 0 Å². The lowest BCUT2D eigenvalue weighted by molar-refractivity contribution is 0.0322. The van der Waals surface area contributed by atoms with Crippen LogP contribution in [-0.2, 0) is 11.3 Å². The van der Waals surface area contributed by atoms with Gasteiger partial charge < -0.3 is 29.3 Å². The molecule has 194 valence electrons. The van der Waals surface area contributed by atoms with Crippen LogP contribution in [0.3, 0.4) is 0 Å². The van der Waals surface area contributed by atoms with E-state index in [1.54, 1.807) is 23.0 Å². The monoisotopic (exact) mass is 496 g/mol. The number of amides is 3. The summed E-state index contributed by atoms with van der Waals surface area (Å²) in [5, 5.41) is 2.99. The second kappa shape index (κ2) is 12.6. The number of piperazine rings is 1. The number of nitrogens with zero attached hydrogens (tertiary/aromatic N) is 3. The highest BCUT2D eigenvalue weighted by Crippen LogP contribution is 2.20. The molecule has 2 saturated heterocycles. The van der Waals surface area contributed by atoms with Gasteiger partial charge in [0.25, 0.3) is 5.91 Å². The molecule has 0 atom stereocenters. The summed E-state index contributed by atoms with van der Waals surface area (Å²) in [6, 6.07) is 13.2. The average molecular weight is 497 g/mol. The first-order valence-corrected chi connectivity index (χ1v) is 12.5. The first-order valence-electron chi connectivity index (χ1n) is 12.5. The molecule has 2 aliphatic heterocycles. The van der Waals surface area contributed by atoms with Crippen molar-refractivity contribution >= 4 is 11.9 Å². The van der Waals surface area contributed by atoms with Gasteiger partial charge in [-0.25, -0.2) is 4.79 Å². The van der Waals surface area contributed by atoms with E-state index in [4.69, 9.17) is 14.2 Å². The Hall–Kier alpha value is -3.30. The third kappa shape index (κ3) is 6.89. The Morgan fingerprint density at radius 3 is 2.47 bits per heavy atom. The van der Waals surface area contributed by atoms with Crippen LogP contribution in [0.2, 0.25) is 0 Å². The average Bonchev–Trinajstić information content (AvgIpc) is 2.92. The number of rotatable bonds is 8. The molecule has 9 heteroatoms. The van der Waals surface area contributed by atoms with E-state index in [9.17, 15) is 9.59 Å². The molecule has 2 aromatic carbocycles. The Balaban J connectivity index is 1.20. The number of urea groups is 1. The maximum absolute atomic E-state index is 12.9. The molecule has 2 aliphatic rings. The van der Waals surface area contributed by atoms with E-state index in [2.05, 4.69) is 10.2 Å². The number of morpholine rings is 1. The van der Waals surface area contributed by atoms with Gasteiger partial charge in [0.1, 0.15) is 18.1 Å². The highest BCUT2D eigenvalue weighted by Gasteiger charge is 2.25. The second-order valence-electron chi connectivity index (χ2n) is 9.07. The molecule has 0 aromatic heterocycles. The van der Waals surface area contributed by atoms with E-state index in [0.29, 0.717) is 50.6 Å². The Bertz CT molecular complexity index is 1030. The van der Waals surface area contributed by atoms with Crippen molar-refractivity contribution in [1.82, 2.24) is 20.0 Å². The number of methoxy groups -OCH3 is 1. The topological polar surface area (TPSA) is 83.6 Å². The van der Waals surface area contributed by atoms with Crippen LogP contribution in [0.15, 0.2) is 42.5 Å². The molecule has 1 N–H and O–H groups in total. The van der Waals surface area contributed by atoms with Gasteiger partial charge in [-0.05, 0) is 42.3 Å². The second-order valence-corrected chi connectivity index (χ2v) is 9.07. The standard InChI is InChI=1S/C27H36N4O5/c1-21-6-7-23(19-25(21)34-2)26(32)30-8-10-31(11-9-30)27(33)28-20-22-4-3-5-24(18-22)36-17-14-29-12-15-35-16-13-29/h3-7,18-19H,8-17,20H2,1-2H3,(H,28,33). The highest BCUT2D eigenvalue weighted by molar-refractivity contribution is 5.95. The predicted octanol–water partition coefficient (Wildman–Crippen LogP) is 2.38. The lowest BCUT2D eigenvalue weighted by Crippen LogP contribution is -2.53. The SMILES string of the molecule is COc1cc(C(=O)N2CCN(C(=O)NCc3cccc(OCCN4CCOCC4)c3)CC2)ccc1C. The zero-order chi connectivity index (χ0) is 25.3. The molecule has 2 heterocycles. The summed E-state index contributed by atoms with van der Waals surface area (Å²) in [7, 11) is 1.60. The lowest BCUT2D eigenvalue weighted by atomic mass is 10.1. The van der Waals surface area contributed by atoms with Crippen LogP contribution in [0, 0.1) is 6.92 Å². The van der Waals surface area contributed by atoms with Gasteiger partial charge >= 0.3 is 6.03 Å². The molecular weight excluding hydrogens is 460 g/mol. The Morgan fingerprint density at radius 1 is 0.972 bits per heavy atom. The van der Waals surface area contributed by atoms with Crippen molar-refractivity contribution in [2.24, 2.45) is 0 Å². The minimum absolute atomic E-state index is 0.0428. The van der Waals surface area contributed by atoms with Crippen LogP contribution < -0.4 is 14.8 Å². The van der Waals surface area contributed by atoms with Gasteiger partial charge in [-0.3, -0.25) is 9.69 Å². The van der Waals surface area contributed by atoms with E-state index < -0.39 is 0 Å². The number of aryl methyl sites for hydroxylation is 1. The van der Waals surface area contributed by atoms with Crippen LogP contribution in [0.1, 0.15) is 21.5 Å². The van der Waals surface area contributed by atoms with Crippen molar-refractivity contribution in [3.8, 4) is 11.5 Å². The quantitative estimate of drug-likeness (QED) is 0.604. The number of nitrogens with one attached hydrogen (secondary N) is 1. The zero-order valence-corrected chi connectivity index (χ0v) is 21.2. The lowest BCUT2D eigenvalue weighted by Gasteiger charge is -2.34. The van der Waals surface area contributed by atoms with Crippen molar-refractivity contribution in [2.45, 2.75) is 13.5 Å². The third-order valence-corrected chi connectivity index (χ3v) is 6.63. The predicted molar refractivity (Wildman–Crippen MR) is 137 cm³/mol. The maximum atomic E-state index is 12.9. The van der Waals surface area contributed by atoms with E-state index >= 15 is 0 Å². The molecule has 4 rings (SSSR count). The minimum Gasteiger partial charge on any atom is -0.496 e.